The van der Waals surface area contributed by atoms with Gasteiger partial charge in [0.15, 0.2) is 5.78 Å². The molecular weight excluding hydrogens is 392 g/mol. The van der Waals surface area contributed by atoms with Crippen LogP contribution in [0.15, 0.2) is 127 Å². The molecule has 1 N–H and O–H groups in total. The Morgan fingerprint density at radius 1 is 0.594 bits per heavy atom. The first-order chi connectivity index (χ1) is 15.7. The van der Waals surface area contributed by atoms with Crippen molar-refractivity contribution in [1.29, 1.82) is 0 Å². The third-order valence-corrected chi connectivity index (χ3v) is 5.90. The molecule has 0 unspecified atom stereocenters. The van der Waals surface area contributed by atoms with Crippen molar-refractivity contribution in [1.82, 2.24) is 0 Å². The van der Waals surface area contributed by atoms with Crippen molar-refractivity contribution < 1.29 is 9.90 Å². The lowest BCUT2D eigenvalue weighted by molar-refractivity contribution is -0.111. The van der Waals surface area contributed by atoms with Gasteiger partial charge < -0.3 is 5.11 Å². The van der Waals surface area contributed by atoms with Crippen molar-refractivity contribution in [2.75, 3.05) is 0 Å². The van der Waals surface area contributed by atoms with Gasteiger partial charge in [-0.1, -0.05) is 121 Å². The molecule has 0 aromatic heterocycles. The Labute approximate surface area is 187 Å². The van der Waals surface area contributed by atoms with Gasteiger partial charge >= 0.3 is 0 Å². The Bertz CT molecular complexity index is 1300. The van der Waals surface area contributed by atoms with Crippen LogP contribution in [0, 0.1) is 0 Å². The van der Waals surface area contributed by atoms with Crippen molar-refractivity contribution in [3.63, 3.8) is 0 Å². The first-order valence-corrected chi connectivity index (χ1v) is 10.6. The fraction of sp³-hybridized carbons (Fsp3) is 0.0333. The number of aliphatic hydroxyl groups is 1. The number of ketones is 1. The van der Waals surface area contributed by atoms with Crippen LogP contribution in [0.5, 0.6) is 0 Å². The highest BCUT2D eigenvalue weighted by Gasteiger charge is 2.50. The molecule has 154 valence electrons. The molecule has 1 aliphatic rings. The predicted octanol–water partition coefficient (Wildman–Crippen LogP) is 6.15. The van der Waals surface area contributed by atoms with E-state index < -0.39 is 5.60 Å². The molecule has 0 heterocycles. The summed E-state index contributed by atoms with van der Waals surface area (Å²) in [6, 6.07) is 38.4. The van der Waals surface area contributed by atoms with Gasteiger partial charge in [-0.15, -0.1) is 0 Å². The zero-order valence-corrected chi connectivity index (χ0v) is 17.5. The van der Waals surface area contributed by atoms with Gasteiger partial charge in [-0.25, -0.2) is 0 Å². The van der Waals surface area contributed by atoms with Crippen LogP contribution >= 0.6 is 0 Å². The molecule has 0 saturated heterocycles. The molecule has 0 aliphatic heterocycles. The molecule has 5 rings (SSSR count). The van der Waals surface area contributed by atoms with Crippen molar-refractivity contribution >= 4 is 23.0 Å². The van der Waals surface area contributed by atoms with Crippen LogP contribution in [0.25, 0.3) is 17.2 Å². The van der Waals surface area contributed by atoms with Gasteiger partial charge in [-0.2, -0.15) is 0 Å². The van der Waals surface area contributed by atoms with Gasteiger partial charge in [-0.3, -0.25) is 4.79 Å². The molecule has 1 atom stereocenters. The summed E-state index contributed by atoms with van der Waals surface area (Å²) < 4.78 is 0. The van der Waals surface area contributed by atoms with E-state index in [9.17, 15) is 9.90 Å². The number of rotatable bonds is 4. The van der Waals surface area contributed by atoms with Crippen molar-refractivity contribution in [3.8, 4) is 0 Å². The summed E-state index contributed by atoms with van der Waals surface area (Å²) in [7, 11) is 0. The van der Waals surface area contributed by atoms with Crippen molar-refractivity contribution in [2.24, 2.45) is 0 Å². The predicted molar refractivity (Wildman–Crippen MR) is 129 cm³/mol. The van der Waals surface area contributed by atoms with Crippen LogP contribution in [0.3, 0.4) is 0 Å². The number of carbonyl (C=O) groups is 1. The van der Waals surface area contributed by atoms with Crippen molar-refractivity contribution in [3.05, 3.63) is 149 Å². The van der Waals surface area contributed by atoms with Crippen LogP contribution in [-0.2, 0) is 10.4 Å². The lowest BCUT2D eigenvalue weighted by Gasteiger charge is -2.29. The number of hydrogen-bond donors (Lipinski definition) is 1. The fourth-order valence-corrected chi connectivity index (χ4v) is 4.43. The molecule has 0 amide bonds. The standard InChI is InChI=1S/C30H22O2/c31-29-26(21-22-13-5-1-6-14-22)30(32,25-19-11-4-12-20-25)28(24-17-9-3-10-18-24)27(29)23-15-7-2-8-16-23/h1-21,32H/b26-21+/t30-/m0/s1. The molecule has 0 bridgehead atoms. The van der Waals surface area contributed by atoms with Gasteiger partial charge in [0.1, 0.15) is 5.60 Å². The lowest BCUT2D eigenvalue weighted by atomic mass is 9.80. The second-order valence-corrected chi connectivity index (χ2v) is 7.86. The fourth-order valence-electron chi connectivity index (χ4n) is 4.43. The molecule has 0 spiro atoms. The van der Waals surface area contributed by atoms with E-state index in [4.69, 9.17) is 0 Å². The van der Waals surface area contributed by atoms with Gasteiger partial charge in [-0.05, 0) is 28.3 Å². The highest BCUT2D eigenvalue weighted by atomic mass is 16.3. The average Bonchev–Trinajstić information content (AvgIpc) is 3.09. The third kappa shape index (κ3) is 3.31. The maximum atomic E-state index is 14.0. The molecule has 4 aromatic carbocycles. The van der Waals surface area contributed by atoms with Crippen LogP contribution in [0.4, 0.5) is 0 Å². The van der Waals surface area contributed by atoms with E-state index in [0.29, 0.717) is 22.3 Å². The molecule has 0 radical (unpaired) electrons. The Morgan fingerprint density at radius 3 is 1.62 bits per heavy atom. The summed E-state index contributed by atoms with van der Waals surface area (Å²) in [6.45, 7) is 0. The van der Waals surface area contributed by atoms with E-state index in [0.717, 1.165) is 16.7 Å². The molecule has 2 nitrogen and oxygen atoms in total. The van der Waals surface area contributed by atoms with E-state index >= 15 is 0 Å². The van der Waals surface area contributed by atoms with E-state index in [1.165, 1.54) is 0 Å². The normalized spacial score (nSPS) is 19.5. The Morgan fingerprint density at radius 2 is 1.06 bits per heavy atom. The molecular formula is C30H22O2. The quantitative estimate of drug-likeness (QED) is 0.407. The molecule has 0 saturated carbocycles. The molecule has 0 fully saturated rings. The van der Waals surface area contributed by atoms with Gasteiger partial charge in [0.05, 0.1) is 0 Å². The molecule has 32 heavy (non-hydrogen) atoms. The first kappa shape index (κ1) is 19.9. The Hall–Kier alpha value is -4.01. The van der Waals surface area contributed by atoms with E-state index in [2.05, 4.69) is 0 Å². The minimum Gasteiger partial charge on any atom is -0.376 e. The SMILES string of the molecule is O=C1C(c2ccccc2)=C(c2ccccc2)[C@](O)(c2ccccc2)/C1=C/c1ccccc1. The minimum absolute atomic E-state index is 0.162. The minimum atomic E-state index is -1.58. The van der Waals surface area contributed by atoms with Gasteiger partial charge in [0, 0.05) is 16.7 Å². The van der Waals surface area contributed by atoms with Crippen molar-refractivity contribution in [2.45, 2.75) is 5.60 Å². The van der Waals surface area contributed by atoms with Crippen LogP contribution in [-0.4, -0.2) is 10.9 Å². The van der Waals surface area contributed by atoms with E-state index in [-0.39, 0.29) is 5.78 Å². The number of carbonyl (C=O) groups excluding carboxylic acids is 1. The number of benzene rings is 4. The Kier molecular flexibility index (Phi) is 5.14. The molecule has 4 aromatic rings. The second kappa shape index (κ2) is 8.26. The third-order valence-electron chi connectivity index (χ3n) is 5.90. The first-order valence-electron chi connectivity index (χ1n) is 10.6. The summed E-state index contributed by atoms with van der Waals surface area (Å²) in [5, 5.41) is 12.5. The van der Waals surface area contributed by atoms with Crippen LogP contribution in [0.2, 0.25) is 0 Å². The highest BCUT2D eigenvalue weighted by Crippen LogP contribution is 2.53. The number of hydrogen-bond acceptors (Lipinski definition) is 2. The maximum Gasteiger partial charge on any atom is 0.193 e. The maximum absolute atomic E-state index is 14.0. The summed E-state index contributed by atoms with van der Waals surface area (Å²) in [6.07, 6.45) is 1.81. The average molecular weight is 415 g/mol. The number of Topliss-reactive ketones (excluding diaryl/α,β-unsaturated/α-hetero) is 1. The van der Waals surface area contributed by atoms with Crippen LogP contribution < -0.4 is 0 Å². The zero-order chi connectivity index (χ0) is 22.0. The summed E-state index contributed by atoms with van der Waals surface area (Å²) >= 11 is 0. The van der Waals surface area contributed by atoms with Gasteiger partial charge in [0.25, 0.3) is 0 Å². The largest absolute Gasteiger partial charge is 0.376 e. The smallest absolute Gasteiger partial charge is 0.193 e. The highest BCUT2D eigenvalue weighted by molar-refractivity contribution is 6.41. The number of allylic oxidation sites excluding steroid dienone is 1. The van der Waals surface area contributed by atoms with Gasteiger partial charge in [0.2, 0.25) is 0 Å². The monoisotopic (exact) mass is 414 g/mol. The summed E-state index contributed by atoms with van der Waals surface area (Å²) in [5.41, 5.74) is 3.07. The topological polar surface area (TPSA) is 37.3 Å². The summed E-state index contributed by atoms with van der Waals surface area (Å²) in [4.78, 5) is 14.0. The Balaban J connectivity index is 1.87. The lowest BCUT2D eigenvalue weighted by Crippen LogP contribution is -2.28. The second-order valence-electron chi connectivity index (χ2n) is 7.86. The van der Waals surface area contributed by atoms with E-state index in [1.807, 2.05) is 127 Å². The van der Waals surface area contributed by atoms with Crippen LogP contribution in [0.1, 0.15) is 22.3 Å². The van der Waals surface area contributed by atoms with E-state index in [1.54, 1.807) is 0 Å². The zero-order valence-electron chi connectivity index (χ0n) is 17.5. The molecule has 2 heteroatoms. The molecule has 1 aliphatic carbocycles. The summed E-state index contributed by atoms with van der Waals surface area (Å²) in [5.74, 6) is -0.162.